The highest BCUT2D eigenvalue weighted by Crippen LogP contribution is 2.30. The van der Waals surface area contributed by atoms with Crippen molar-refractivity contribution in [1.82, 2.24) is 15.2 Å². The van der Waals surface area contributed by atoms with Crippen LogP contribution in [0, 0.1) is 0 Å². The van der Waals surface area contributed by atoms with Crippen molar-refractivity contribution in [1.29, 1.82) is 0 Å². The van der Waals surface area contributed by atoms with E-state index in [1.165, 1.54) is 12.0 Å². The average Bonchev–Trinajstić information content (AvgIpc) is 2.65. The SMILES string of the molecule is COC(=O)N1CCc2ccccc2C1C(=O)NCc1ccncc1. The van der Waals surface area contributed by atoms with Crippen molar-refractivity contribution in [2.24, 2.45) is 0 Å². The lowest BCUT2D eigenvalue weighted by atomic mass is 9.92. The van der Waals surface area contributed by atoms with Crippen LogP contribution in [0.15, 0.2) is 48.8 Å². The summed E-state index contributed by atoms with van der Waals surface area (Å²) < 4.78 is 4.85. The van der Waals surface area contributed by atoms with Gasteiger partial charge in [0, 0.05) is 25.5 Å². The number of nitrogens with zero attached hydrogens (tertiary/aromatic N) is 2. The molecule has 1 aliphatic heterocycles. The molecule has 0 fully saturated rings. The fourth-order valence-corrected chi connectivity index (χ4v) is 2.95. The molecule has 2 aromatic rings. The van der Waals surface area contributed by atoms with Crippen molar-refractivity contribution in [3.05, 3.63) is 65.5 Å². The summed E-state index contributed by atoms with van der Waals surface area (Å²) in [6.07, 6.45) is 3.57. The molecule has 6 nitrogen and oxygen atoms in total. The second kappa shape index (κ2) is 7.12. The van der Waals surface area contributed by atoms with Crippen LogP contribution in [0.2, 0.25) is 0 Å². The molecule has 0 aliphatic carbocycles. The van der Waals surface area contributed by atoms with Crippen LogP contribution in [0.3, 0.4) is 0 Å². The molecule has 1 aromatic heterocycles. The van der Waals surface area contributed by atoms with Crippen molar-refractivity contribution in [3.63, 3.8) is 0 Å². The van der Waals surface area contributed by atoms with Crippen molar-refractivity contribution < 1.29 is 14.3 Å². The molecule has 2 heterocycles. The predicted molar refractivity (Wildman–Crippen MR) is 88.1 cm³/mol. The van der Waals surface area contributed by atoms with E-state index in [9.17, 15) is 9.59 Å². The van der Waals surface area contributed by atoms with Crippen LogP contribution in [0.1, 0.15) is 22.7 Å². The third kappa shape index (κ3) is 3.22. The Kier molecular flexibility index (Phi) is 4.74. The monoisotopic (exact) mass is 325 g/mol. The van der Waals surface area contributed by atoms with Crippen LogP contribution >= 0.6 is 0 Å². The predicted octanol–water partition coefficient (Wildman–Crippen LogP) is 2.06. The average molecular weight is 325 g/mol. The lowest BCUT2D eigenvalue weighted by Gasteiger charge is -2.35. The number of rotatable bonds is 3. The first kappa shape index (κ1) is 16.0. The molecule has 1 N–H and O–H groups in total. The molecule has 0 saturated carbocycles. The molecule has 1 unspecified atom stereocenters. The van der Waals surface area contributed by atoms with Gasteiger partial charge in [-0.1, -0.05) is 24.3 Å². The minimum Gasteiger partial charge on any atom is -0.453 e. The number of amides is 2. The third-order valence-corrected chi connectivity index (χ3v) is 4.16. The summed E-state index contributed by atoms with van der Waals surface area (Å²) in [4.78, 5) is 30.3. The van der Waals surface area contributed by atoms with Gasteiger partial charge in [0.15, 0.2) is 0 Å². The first-order valence-corrected chi connectivity index (χ1v) is 7.79. The van der Waals surface area contributed by atoms with Crippen LogP contribution < -0.4 is 5.32 Å². The van der Waals surface area contributed by atoms with E-state index in [2.05, 4.69) is 10.3 Å². The molecule has 0 spiro atoms. The molecule has 1 aliphatic rings. The third-order valence-electron chi connectivity index (χ3n) is 4.16. The Morgan fingerprint density at radius 2 is 2.00 bits per heavy atom. The van der Waals surface area contributed by atoms with Crippen molar-refractivity contribution in [3.8, 4) is 0 Å². The molecule has 6 heteroatoms. The number of methoxy groups -OCH3 is 1. The number of benzene rings is 1. The Balaban J connectivity index is 1.83. The summed E-state index contributed by atoms with van der Waals surface area (Å²) in [5.41, 5.74) is 2.88. The van der Waals surface area contributed by atoms with E-state index >= 15 is 0 Å². The number of fused-ring (bicyclic) bond motifs is 1. The Morgan fingerprint density at radius 1 is 1.25 bits per heavy atom. The molecule has 2 amide bonds. The zero-order valence-corrected chi connectivity index (χ0v) is 13.4. The van der Waals surface area contributed by atoms with E-state index in [-0.39, 0.29) is 5.91 Å². The van der Waals surface area contributed by atoms with Gasteiger partial charge in [0.05, 0.1) is 7.11 Å². The molecule has 0 radical (unpaired) electrons. The van der Waals surface area contributed by atoms with Gasteiger partial charge < -0.3 is 10.1 Å². The normalized spacial score (nSPS) is 16.2. The lowest BCUT2D eigenvalue weighted by molar-refractivity contribution is -0.126. The smallest absolute Gasteiger partial charge is 0.410 e. The van der Waals surface area contributed by atoms with Gasteiger partial charge in [-0.3, -0.25) is 14.7 Å². The Labute approximate surface area is 140 Å². The van der Waals surface area contributed by atoms with Gasteiger partial charge in [-0.25, -0.2) is 4.79 Å². The van der Waals surface area contributed by atoms with Crippen molar-refractivity contribution in [2.75, 3.05) is 13.7 Å². The molecule has 0 saturated heterocycles. The van der Waals surface area contributed by atoms with E-state index < -0.39 is 12.1 Å². The zero-order valence-electron chi connectivity index (χ0n) is 13.4. The lowest BCUT2D eigenvalue weighted by Crippen LogP contribution is -2.47. The maximum atomic E-state index is 12.8. The van der Waals surface area contributed by atoms with Crippen LogP contribution in [0.25, 0.3) is 0 Å². The Morgan fingerprint density at radius 3 is 2.75 bits per heavy atom. The number of hydrogen-bond donors (Lipinski definition) is 1. The number of carbonyl (C=O) groups is 2. The Bertz CT molecular complexity index is 733. The van der Waals surface area contributed by atoms with Crippen LogP contribution in [0.4, 0.5) is 4.79 Å². The van der Waals surface area contributed by atoms with Gasteiger partial charge in [-0.2, -0.15) is 0 Å². The van der Waals surface area contributed by atoms with Crippen molar-refractivity contribution in [2.45, 2.75) is 19.0 Å². The van der Waals surface area contributed by atoms with Gasteiger partial charge in [-0.15, -0.1) is 0 Å². The zero-order chi connectivity index (χ0) is 16.9. The minimum absolute atomic E-state index is 0.218. The van der Waals surface area contributed by atoms with Gasteiger partial charge in [-0.05, 0) is 35.2 Å². The van der Waals surface area contributed by atoms with E-state index in [0.717, 1.165) is 16.7 Å². The summed E-state index contributed by atoms with van der Waals surface area (Å²) >= 11 is 0. The summed E-state index contributed by atoms with van der Waals surface area (Å²) in [6, 6.07) is 10.7. The van der Waals surface area contributed by atoms with E-state index in [0.29, 0.717) is 19.5 Å². The first-order valence-electron chi connectivity index (χ1n) is 7.79. The Hall–Kier alpha value is -2.89. The highest BCUT2D eigenvalue weighted by molar-refractivity contribution is 5.87. The molecule has 3 rings (SSSR count). The number of carbonyl (C=O) groups excluding carboxylic acids is 2. The summed E-state index contributed by atoms with van der Waals surface area (Å²) in [7, 11) is 1.33. The fourth-order valence-electron chi connectivity index (χ4n) is 2.95. The highest BCUT2D eigenvalue weighted by Gasteiger charge is 2.36. The van der Waals surface area contributed by atoms with Gasteiger partial charge in [0.1, 0.15) is 6.04 Å². The first-order chi connectivity index (χ1) is 11.7. The van der Waals surface area contributed by atoms with Gasteiger partial charge in [0.2, 0.25) is 5.91 Å². The standard InChI is InChI=1S/C18H19N3O3/c1-24-18(23)21-11-8-14-4-2-3-5-15(14)16(21)17(22)20-12-13-6-9-19-10-7-13/h2-7,9-10,16H,8,11-12H2,1H3,(H,20,22). The summed E-state index contributed by atoms with van der Waals surface area (Å²) in [6.45, 7) is 0.839. The minimum atomic E-state index is -0.677. The number of hydrogen-bond acceptors (Lipinski definition) is 4. The molecule has 0 bridgehead atoms. The fraction of sp³-hybridized carbons (Fsp3) is 0.278. The largest absolute Gasteiger partial charge is 0.453 e. The van der Waals surface area contributed by atoms with Crippen LogP contribution in [-0.4, -0.2) is 35.5 Å². The van der Waals surface area contributed by atoms with Crippen molar-refractivity contribution >= 4 is 12.0 Å². The number of pyridine rings is 1. The van der Waals surface area contributed by atoms with E-state index in [1.54, 1.807) is 12.4 Å². The maximum absolute atomic E-state index is 12.8. The maximum Gasteiger partial charge on any atom is 0.410 e. The highest BCUT2D eigenvalue weighted by atomic mass is 16.5. The van der Waals surface area contributed by atoms with Crippen LogP contribution in [-0.2, 0) is 22.5 Å². The molecular weight excluding hydrogens is 306 g/mol. The van der Waals surface area contributed by atoms with Gasteiger partial charge >= 0.3 is 6.09 Å². The van der Waals surface area contributed by atoms with Gasteiger partial charge in [0.25, 0.3) is 0 Å². The molecule has 1 aromatic carbocycles. The topological polar surface area (TPSA) is 71.5 Å². The molecule has 24 heavy (non-hydrogen) atoms. The number of aromatic nitrogens is 1. The molecular formula is C18H19N3O3. The molecule has 124 valence electrons. The van der Waals surface area contributed by atoms with Crippen LogP contribution in [0.5, 0.6) is 0 Å². The molecule has 1 atom stereocenters. The number of nitrogens with one attached hydrogen (secondary N) is 1. The second-order valence-corrected chi connectivity index (χ2v) is 5.59. The van der Waals surface area contributed by atoms with E-state index in [4.69, 9.17) is 4.74 Å². The number of ether oxygens (including phenoxy) is 1. The second-order valence-electron chi connectivity index (χ2n) is 5.59. The summed E-state index contributed by atoms with van der Waals surface area (Å²) in [5, 5.41) is 2.90. The van der Waals surface area contributed by atoms with E-state index in [1.807, 2.05) is 36.4 Å². The quantitative estimate of drug-likeness (QED) is 0.938. The summed E-state index contributed by atoms with van der Waals surface area (Å²) in [5.74, 6) is -0.218.